The van der Waals surface area contributed by atoms with Crippen molar-refractivity contribution in [1.82, 2.24) is 10.2 Å². The topological polar surface area (TPSA) is 86.8 Å². The highest BCUT2D eigenvalue weighted by molar-refractivity contribution is 9.10. The molecule has 0 spiro atoms. The second-order valence-corrected chi connectivity index (χ2v) is 13.8. The van der Waals surface area contributed by atoms with Gasteiger partial charge in [0.05, 0.1) is 10.6 Å². The number of carbonyl (C=O) groups is 2. The molecule has 0 aliphatic carbocycles. The molecule has 0 bridgehead atoms. The van der Waals surface area contributed by atoms with Gasteiger partial charge in [0.25, 0.3) is 10.0 Å². The van der Waals surface area contributed by atoms with Gasteiger partial charge in [-0.3, -0.25) is 13.9 Å². The molecule has 2 amide bonds. The molecule has 1 atom stereocenters. The summed E-state index contributed by atoms with van der Waals surface area (Å²) in [6, 6.07) is 18.5. The number of halogens is 3. The van der Waals surface area contributed by atoms with Gasteiger partial charge in [-0.1, -0.05) is 70.3 Å². The minimum absolute atomic E-state index is 0.0233. The van der Waals surface area contributed by atoms with Gasteiger partial charge < -0.3 is 10.2 Å². The Hall–Kier alpha value is -2.59. The minimum atomic E-state index is -4.14. The number of nitrogens with one attached hydrogen (secondary N) is 1. The Kier molecular flexibility index (Phi) is 10.7. The van der Waals surface area contributed by atoms with Crippen molar-refractivity contribution in [2.45, 2.75) is 57.1 Å². The summed E-state index contributed by atoms with van der Waals surface area (Å²) in [6.45, 7) is 6.78. The fourth-order valence-electron chi connectivity index (χ4n) is 4.06. The van der Waals surface area contributed by atoms with Crippen molar-refractivity contribution in [3.8, 4) is 0 Å². The summed E-state index contributed by atoms with van der Waals surface area (Å²) in [5, 5.41) is 3.70. The van der Waals surface area contributed by atoms with Crippen molar-refractivity contribution >= 4 is 66.7 Å². The van der Waals surface area contributed by atoms with E-state index in [1.165, 1.54) is 17.0 Å². The van der Waals surface area contributed by atoms with Crippen LogP contribution in [0.1, 0.15) is 39.7 Å². The van der Waals surface area contributed by atoms with E-state index in [4.69, 9.17) is 23.2 Å². The van der Waals surface area contributed by atoms with Gasteiger partial charge in [0.2, 0.25) is 11.8 Å². The maximum atomic E-state index is 14.1. The molecule has 214 valence electrons. The Bertz CT molecular complexity index is 1450. The van der Waals surface area contributed by atoms with Crippen LogP contribution in [-0.2, 0) is 26.2 Å². The fourth-order valence-corrected chi connectivity index (χ4v) is 6.23. The molecule has 0 aliphatic heterocycles. The SMILES string of the molecule is CCC(C(=O)NC(C)(C)C)N(Cc1ccc(Cl)cc1Cl)C(=O)CN(c1ccc(Br)cc1)S(=O)(=O)c1ccccc1. The van der Waals surface area contributed by atoms with E-state index in [0.717, 1.165) is 8.78 Å². The van der Waals surface area contributed by atoms with Crippen molar-refractivity contribution < 1.29 is 18.0 Å². The number of carbonyl (C=O) groups excluding carboxylic acids is 2. The van der Waals surface area contributed by atoms with Crippen LogP contribution in [0, 0.1) is 0 Å². The van der Waals surface area contributed by atoms with Crippen LogP contribution in [0.2, 0.25) is 10.0 Å². The summed E-state index contributed by atoms with van der Waals surface area (Å²) >= 11 is 15.9. The van der Waals surface area contributed by atoms with E-state index in [9.17, 15) is 18.0 Å². The zero-order valence-corrected chi connectivity index (χ0v) is 26.6. The highest BCUT2D eigenvalue weighted by atomic mass is 79.9. The second-order valence-electron chi connectivity index (χ2n) is 10.2. The maximum Gasteiger partial charge on any atom is 0.264 e. The van der Waals surface area contributed by atoms with Crippen LogP contribution >= 0.6 is 39.1 Å². The first-order valence-electron chi connectivity index (χ1n) is 12.6. The first-order chi connectivity index (χ1) is 18.7. The van der Waals surface area contributed by atoms with E-state index in [-0.39, 0.29) is 17.3 Å². The zero-order chi connectivity index (χ0) is 29.7. The van der Waals surface area contributed by atoms with Crippen molar-refractivity contribution in [1.29, 1.82) is 0 Å². The summed E-state index contributed by atoms with van der Waals surface area (Å²) < 4.78 is 29.4. The molecule has 7 nitrogen and oxygen atoms in total. The highest BCUT2D eigenvalue weighted by Crippen LogP contribution is 2.28. The summed E-state index contributed by atoms with van der Waals surface area (Å²) in [5.74, 6) is -0.918. The second kappa shape index (κ2) is 13.4. The Balaban J connectivity index is 2.08. The monoisotopic (exact) mass is 667 g/mol. The Labute approximate surface area is 254 Å². The molecular weight excluding hydrogens is 637 g/mol. The first kappa shape index (κ1) is 31.9. The van der Waals surface area contributed by atoms with Crippen LogP contribution in [0.5, 0.6) is 0 Å². The van der Waals surface area contributed by atoms with Crippen LogP contribution < -0.4 is 9.62 Å². The lowest BCUT2D eigenvalue weighted by atomic mass is 10.1. The van der Waals surface area contributed by atoms with Crippen LogP contribution in [0.15, 0.2) is 82.2 Å². The van der Waals surface area contributed by atoms with E-state index in [0.29, 0.717) is 27.7 Å². The number of benzene rings is 3. The van der Waals surface area contributed by atoms with E-state index in [2.05, 4.69) is 21.2 Å². The number of amides is 2. The van der Waals surface area contributed by atoms with Crippen LogP contribution in [0.4, 0.5) is 5.69 Å². The largest absolute Gasteiger partial charge is 0.350 e. The average molecular weight is 669 g/mol. The number of anilines is 1. The van der Waals surface area contributed by atoms with E-state index in [1.807, 2.05) is 20.8 Å². The number of hydrogen-bond donors (Lipinski definition) is 1. The van der Waals surface area contributed by atoms with E-state index < -0.39 is 34.1 Å². The molecule has 0 heterocycles. The summed E-state index contributed by atoms with van der Waals surface area (Å²) in [5.41, 5.74) is 0.330. The van der Waals surface area contributed by atoms with Crippen LogP contribution in [-0.4, -0.2) is 43.3 Å². The molecule has 0 fully saturated rings. The van der Waals surface area contributed by atoms with Gasteiger partial charge in [-0.05, 0) is 81.3 Å². The highest BCUT2D eigenvalue weighted by Gasteiger charge is 2.34. The zero-order valence-electron chi connectivity index (χ0n) is 22.7. The Morgan fingerprint density at radius 1 is 0.975 bits per heavy atom. The van der Waals surface area contributed by atoms with Crippen molar-refractivity contribution in [2.75, 3.05) is 10.8 Å². The molecular formula is C29H32BrCl2N3O4S. The van der Waals surface area contributed by atoms with E-state index in [1.54, 1.807) is 67.6 Å². The molecule has 11 heteroatoms. The maximum absolute atomic E-state index is 14.1. The molecule has 0 radical (unpaired) electrons. The predicted molar refractivity (Wildman–Crippen MR) is 164 cm³/mol. The molecule has 1 unspecified atom stereocenters. The number of sulfonamides is 1. The van der Waals surface area contributed by atoms with Gasteiger partial charge >= 0.3 is 0 Å². The third kappa shape index (κ3) is 8.22. The summed E-state index contributed by atoms with van der Waals surface area (Å²) in [6.07, 6.45) is 0.294. The third-order valence-electron chi connectivity index (χ3n) is 5.96. The molecule has 3 aromatic carbocycles. The van der Waals surface area contributed by atoms with Crippen LogP contribution in [0.3, 0.4) is 0 Å². The normalized spacial score (nSPS) is 12.5. The fraction of sp³-hybridized carbons (Fsp3) is 0.310. The average Bonchev–Trinajstić information content (AvgIpc) is 2.88. The van der Waals surface area contributed by atoms with Crippen molar-refractivity contribution in [3.05, 3.63) is 92.9 Å². The van der Waals surface area contributed by atoms with Gasteiger partial charge in [0, 0.05) is 26.6 Å². The van der Waals surface area contributed by atoms with Crippen molar-refractivity contribution in [3.63, 3.8) is 0 Å². The van der Waals surface area contributed by atoms with E-state index >= 15 is 0 Å². The Morgan fingerprint density at radius 3 is 2.15 bits per heavy atom. The van der Waals surface area contributed by atoms with Gasteiger partial charge in [-0.2, -0.15) is 0 Å². The predicted octanol–water partition coefficient (Wildman–Crippen LogP) is 6.67. The molecule has 0 aromatic heterocycles. The summed E-state index contributed by atoms with van der Waals surface area (Å²) in [7, 11) is -4.14. The molecule has 0 saturated heterocycles. The lowest BCUT2D eigenvalue weighted by Crippen LogP contribution is -2.55. The van der Waals surface area contributed by atoms with Crippen LogP contribution in [0.25, 0.3) is 0 Å². The third-order valence-corrected chi connectivity index (χ3v) is 8.87. The Morgan fingerprint density at radius 2 is 1.60 bits per heavy atom. The molecule has 0 aliphatic rings. The number of nitrogens with zero attached hydrogens (tertiary/aromatic N) is 2. The smallest absolute Gasteiger partial charge is 0.264 e. The number of hydrogen-bond acceptors (Lipinski definition) is 4. The molecule has 1 N–H and O–H groups in total. The van der Waals surface area contributed by atoms with Gasteiger partial charge in [0.1, 0.15) is 12.6 Å². The van der Waals surface area contributed by atoms with Crippen molar-refractivity contribution in [2.24, 2.45) is 0 Å². The molecule has 3 aromatic rings. The lowest BCUT2D eigenvalue weighted by molar-refractivity contribution is -0.141. The summed E-state index contributed by atoms with van der Waals surface area (Å²) in [4.78, 5) is 28.9. The minimum Gasteiger partial charge on any atom is -0.350 e. The quantitative estimate of drug-likeness (QED) is 0.261. The van der Waals surface area contributed by atoms with Gasteiger partial charge in [-0.15, -0.1) is 0 Å². The number of rotatable bonds is 10. The standard InChI is InChI=1S/C29H32BrCl2N3O4S/c1-5-26(28(37)33-29(2,3)4)34(18-20-11-14-22(31)17-25(20)32)27(36)19-35(23-15-12-21(30)13-16-23)40(38,39)24-9-7-6-8-10-24/h6-17,26H,5,18-19H2,1-4H3,(H,33,37). The molecule has 3 rings (SSSR count). The lowest BCUT2D eigenvalue weighted by Gasteiger charge is -2.35. The molecule has 0 saturated carbocycles. The first-order valence-corrected chi connectivity index (χ1v) is 15.6. The van der Waals surface area contributed by atoms with Gasteiger partial charge in [0.15, 0.2) is 0 Å². The molecule has 40 heavy (non-hydrogen) atoms. The van der Waals surface area contributed by atoms with Gasteiger partial charge in [-0.25, -0.2) is 8.42 Å².